The molecule has 2 heterocycles. The Morgan fingerprint density at radius 3 is 2.55 bits per heavy atom. The summed E-state index contributed by atoms with van der Waals surface area (Å²) in [4.78, 5) is 15.7. The molecule has 6 nitrogen and oxygen atoms in total. The third-order valence-electron chi connectivity index (χ3n) is 6.51. The number of ether oxygens (including phenoxy) is 2. The molecule has 40 heavy (non-hydrogen) atoms. The van der Waals surface area contributed by atoms with Gasteiger partial charge in [-0.25, -0.2) is 4.68 Å². The molecule has 1 aromatic heterocycles. The number of thiocarbonyl (C=S) groups is 1. The van der Waals surface area contributed by atoms with E-state index in [0.29, 0.717) is 28.8 Å². The van der Waals surface area contributed by atoms with Crippen LogP contribution in [0.3, 0.4) is 0 Å². The predicted molar refractivity (Wildman–Crippen MR) is 166 cm³/mol. The minimum absolute atomic E-state index is 0.0914. The molecule has 0 aliphatic carbocycles. The first-order valence-corrected chi connectivity index (χ1v) is 14.1. The average molecular weight is 568 g/mol. The van der Waals surface area contributed by atoms with Crippen molar-refractivity contribution in [3.8, 4) is 28.4 Å². The van der Waals surface area contributed by atoms with Crippen molar-refractivity contribution in [1.82, 2.24) is 14.7 Å². The number of carbonyl (C=O) groups excluding carboxylic acids is 1. The van der Waals surface area contributed by atoms with Crippen molar-refractivity contribution in [1.29, 1.82) is 0 Å². The summed E-state index contributed by atoms with van der Waals surface area (Å²) in [5, 5.41) is 4.92. The zero-order valence-electron chi connectivity index (χ0n) is 22.4. The first kappa shape index (κ1) is 27.4. The van der Waals surface area contributed by atoms with Gasteiger partial charge in [0.05, 0.1) is 17.7 Å². The molecule has 5 rings (SSSR count). The lowest BCUT2D eigenvalue weighted by Gasteiger charge is -2.14. The van der Waals surface area contributed by atoms with E-state index in [2.05, 4.69) is 6.58 Å². The van der Waals surface area contributed by atoms with Crippen molar-refractivity contribution in [2.75, 3.05) is 20.3 Å². The monoisotopic (exact) mass is 567 g/mol. The number of amides is 1. The van der Waals surface area contributed by atoms with Crippen molar-refractivity contribution in [2.24, 2.45) is 0 Å². The number of benzene rings is 3. The fourth-order valence-corrected chi connectivity index (χ4v) is 5.70. The highest BCUT2D eigenvalue weighted by Gasteiger charge is 2.32. The van der Waals surface area contributed by atoms with Crippen molar-refractivity contribution < 1.29 is 14.3 Å². The van der Waals surface area contributed by atoms with Crippen LogP contribution < -0.4 is 9.47 Å². The van der Waals surface area contributed by atoms with Gasteiger partial charge in [-0.15, -0.1) is 0 Å². The molecule has 1 aliphatic heterocycles. The molecule has 0 N–H and O–H groups in total. The van der Waals surface area contributed by atoms with Gasteiger partial charge in [-0.2, -0.15) is 5.10 Å². The van der Waals surface area contributed by atoms with E-state index in [9.17, 15) is 4.79 Å². The number of hydrogen-bond acceptors (Lipinski definition) is 6. The van der Waals surface area contributed by atoms with Crippen LogP contribution in [0.25, 0.3) is 23.0 Å². The zero-order chi connectivity index (χ0) is 28.1. The van der Waals surface area contributed by atoms with Gasteiger partial charge in [-0.05, 0) is 73.0 Å². The molecule has 202 valence electrons. The fraction of sp³-hybridized carbons (Fsp3) is 0.156. The second kappa shape index (κ2) is 12.4. The normalized spacial score (nSPS) is 14.2. The van der Waals surface area contributed by atoms with Gasteiger partial charge in [0.1, 0.15) is 28.1 Å². The SMILES string of the molecule is C=CCOc1ccc(-c2nn(-c3ccccc3)cc2C=C2SC(=S)N(CCc3ccc(OC)cc3)C2=O)cc1C. The Labute approximate surface area is 243 Å². The van der Waals surface area contributed by atoms with Crippen molar-refractivity contribution >= 4 is 40.3 Å². The molecule has 1 aliphatic rings. The lowest BCUT2D eigenvalue weighted by Crippen LogP contribution is -2.30. The Morgan fingerprint density at radius 1 is 1.07 bits per heavy atom. The molecule has 0 spiro atoms. The van der Waals surface area contributed by atoms with E-state index in [0.717, 1.165) is 45.1 Å². The first-order chi connectivity index (χ1) is 19.5. The molecule has 0 atom stereocenters. The molecule has 0 saturated carbocycles. The average Bonchev–Trinajstić information content (AvgIpc) is 3.52. The van der Waals surface area contributed by atoms with Gasteiger partial charge in [0.25, 0.3) is 5.91 Å². The summed E-state index contributed by atoms with van der Waals surface area (Å²) in [5.41, 5.74) is 5.56. The summed E-state index contributed by atoms with van der Waals surface area (Å²) in [6.45, 7) is 6.67. The molecule has 8 heteroatoms. The van der Waals surface area contributed by atoms with Crippen LogP contribution in [0.2, 0.25) is 0 Å². The van der Waals surface area contributed by atoms with Crippen LogP contribution in [0.15, 0.2) is 96.6 Å². The minimum Gasteiger partial charge on any atom is -0.497 e. The van der Waals surface area contributed by atoms with Crippen molar-refractivity contribution in [3.63, 3.8) is 0 Å². The van der Waals surface area contributed by atoms with E-state index in [1.54, 1.807) is 18.1 Å². The van der Waals surface area contributed by atoms with Crippen LogP contribution in [-0.4, -0.2) is 45.2 Å². The Balaban J connectivity index is 1.44. The van der Waals surface area contributed by atoms with Crippen LogP contribution in [0, 0.1) is 6.92 Å². The number of methoxy groups -OCH3 is 1. The van der Waals surface area contributed by atoms with Gasteiger partial charge in [-0.3, -0.25) is 9.69 Å². The largest absolute Gasteiger partial charge is 0.497 e. The van der Waals surface area contributed by atoms with E-state index in [1.165, 1.54) is 11.8 Å². The summed E-state index contributed by atoms with van der Waals surface area (Å²) >= 11 is 6.93. The van der Waals surface area contributed by atoms with Gasteiger partial charge >= 0.3 is 0 Å². The van der Waals surface area contributed by atoms with Gasteiger partial charge in [0, 0.05) is 23.9 Å². The van der Waals surface area contributed by atoms with Crippen LogP contribution in [0.5, 0.6) is 11.5 Å². The molecule has 0 unspecified atom stereocenters. The zero-order valence-corrected chi connectivity index (χ0v) is 24.0. The Hall–Kier alpha value is -4.14. The summed E-state index contributed by atoms with van der Waals surface area (Å²) < 4.78 is 13.4. The van der Waals surface area contributed by atoms with Gasteiger partial charge < -0.3 is 9.47 Å². The van der Waals surface area contributed by atoms with Gasteiger partial charge in [-0.1, -0.05) is 67.0 Å². The van der Waals surface area contributed by atoms with Gasteiger partial charge in [0.2, 0.25) is 0 Å². The number of aromatic nitrogens is 2. The van der Waals surface area contributed by atoms with E-state index in [1.807, 2.05) is 96.7 Å². The second-order valence-electron chi connectivity index (χ2n) is 9.22. The highest BCUT2D eigenvalue weighted by molar-refractivity contribution is 8.26. The van der Waals surface area contributed by atoms with E-state index in [-0.39, 0.29) is 5.91 Å². The highest BCUT2D eigenvalue weighted by Crippen LogP contribution is 2.36. The number of hydrogen-bond donors (Lipinski definition) is 0. The maximum absolute atomic E-state index is 13.4. The third-order valence-corrected chi connectivity index (χ3v) is 7.89. The lowest BCUT2D eigenvalue weighted by molar-refractivity contribution is -0.122. The molecule has 0 bridgehead atoms. The summed E-state index contributed by atoms with van der Waals surface area (Å²) in [7, 11) is 1.64. The Bertz CT molecular complexity index is 1580. The number of aryl methyl sites for hydroxylation is 1. The molecular formula is C32H29N3O3S2. The number of rotatable bonds is 10. The van der Waals surface area contributed by atoms with Crippen molar-refractivity contribution in [3.05, 3.63) is 113 Å². The summed E-state index contributed by atoms with van der Waals surface area (Å²) in [6, 6.07) is 23.7. The fourth-order valence-electron chi connectivity index (χ4n) is 4.40. The van der Waals surface area contributed by atoms with Gasteiger partial charge in [0.15, 0.2) is 0 Å². The van der Waals surface area contributed by atoms with E-state index >= 15 is 0 Å². The molecule has 1 fully saturated rings. The minimum atomic E-state index is -0.0914. The molecule has 4 aromatic rings. The number of para-hydroxylation sites is 1. The topological polar surface area (TPSA) is 56.6 Å². The number of carbonyl (C=O) groups is 1. The van der Waals surface area contributed by atoms with Crippen LogP contribution in [-0.2, 0) is 11.2 Å². The molecule has 3 aromatic carbocycles. The van der Waals surface area contributed by atoms with Crippen LogP contribution >= 0.6 is 24.0 Å². The first-order valence-electron chi connectivity index (χ1n) is 12.8. The molecule has 1 saturated heterocycles. The summed E-state index contributed by atoms with van der Waals surface area (Å²) in [6.07, 6.45) is 6.26. The maximum atomic E-state index is 13.4. The van der Waals surface area contributed by atoms with E-state index in [4.69, 9.17) is 26.8 Å². The highest BCUT2D eigenvalue weighted by atomic mass is 32.2. The van der Waals surface area contributed by atoms with E-state index < -0.39 is 0 Å². The van der Waals surface area contributed by atoms with Crippen LogP contribution in [0.4, 0.5) is 0 Å². The second-order valence-corrected chi connectivity index (χ2v) is 10.9. The van der Waals surface area contributed by atoms with Crippen molar-refractivity contribution in [2.45, 2.75) is 13.3 Å². The standard InChI is InChI=1S/C32H29N3O3S2/c1-4-18-38-28-15-12-24(19-22(28)2)30-25(21-35(33-30)26-8-6-5-7-9-26)20-29-31(36)34(32(39)40-29)17-16-23-10-13-27(37-3)14-11-23/h4-15,19-21H,1,16-18H2,2-3H3. The summed E-state index contributed by atoms with van der Waals surface area (Å²) in [5.74, 6) is 1.51. The maximum Gasteiger partial charge on any atom is 0.266 e. The number of nitrogens with zero attached hydrogens (tertiary/aromatic N) is 3. The Kier molecular flexibility index (Phi) is 8.48. The predicted octanol–water partition coefficient (Wildman–Crippen LogP) is 6.87. The molecule has 0 radical (unpaired) electrons. The lowest BCUT2D eigenvalue weighted by atomic mass is 10.0. The molecule has 1 amide bonds. The number of thioether (sulfide) groups is 1. The quantitative estimate of drug-likeness (QED) is 0.119. The Morgan fingerprint density at radius 2 is 1.85 bits per heavy atom. The smallest absolute Gasteiger partial charge is 0.266 e. The van der Waals surface area contributed by atoms with Crippen LogP contribution in [0.1, 0.15) is 16.7 Å². The molecular weight excluding hydrogens is 539 g/mol. The third kappa shape index (κ3) is 6.03.